The molecule has 0 fully saturated rings. The van der Waals surface area contributed by atoms with E-state index in [0.29, 0.717) is 24.6 Å². The van der Waals surface area contributed by atoms with Crippen molar-refractivity contribution in [1.29, 1.82) is 0 Å². The number of carbonyl (C=O) groups is 2. The predicted octanol–water partition coefficient (Wildman–Crippen LogP) is 3.29. The molecule has 0 aliphatic heterocycles. The van der Waals surface area contributed by atoms with Gasteiger partial charge in [0, 0.05) is 24.3 Å². The molecule has 1 atom stereocenters. The molecule has 5 heteroatoms. The van der Waals surface area contributed by atoms with E-state index in [1.807, 2.05) is 0 Å². The molecule has 3 amide bonds. The number of nitrogens with one attached hydrogen (secondary N) is 3. The maximum atomic E-state index is 11.9. The van der Waals surface area contributed by atoms with Crippen molar-refractivity contribution in [3.05, 3.63) is 49.1 Å². The summed E-state index contributed by atoms with van der Waals surface area (Å²) in [5.74, 6) is 0.371. The summed E-state index contributed by atoms with van der Waals surface area (Å²) in [6.07, 6.45) is 8.46. The first kappa shape index (κ1) is 15.8. The zero-order valence-corrected chi connectivity index (χ0v) is 12.5. The maximum absolute atomic E-state index is 11.9. The lowest BCUT2D eigenvalue weighted by Crippen LogP contribution is -2.28. The fraction of sp³-hybridized carbons (Fsp3) is 0.294. The largest absolute Gasteiger partial charge is 0.334 e. The van der Waals surface area contributed by atoms with Gasteiger partial charge in [0.1, 0.15) is 0 Å². The number of rotatable bonds is 6. The minimum Gasteiger partial charge on any atom is -0.334 e. The third-order valence-corrected chi connectivity index (χ3v) is 3.39. The normalized spacial score (nSPS) is 16.1. The molecule has 1 aromatic carbocycles. The Hall–Kier alpha value is -2.56. The number of allylic oxidation sites excluding steroid dienone is 2. The SMILES string of the molecule is C=CCNC(=O)Nc1ccc(NC(=O)CC2C=CCC2)cc1. The van der Waals surface area contributed by atoms with Gasteiger partial charge in [-0.25, -0.2) is 4.79 Å². The molecule has 1 aliphatic carbocycles. The zero-order chi connectivity index (χ0) is 15.8. The van der Waals surface area contributed by atoms with Crippen molar-refractivity contribution in [2.75, 3.05) is 17.2 Å². The Morgan fingerprint density at radius 1 is 1.18 bits per heavy atom. The van der Waals surface area contributed by atoms with Gasteiger partial charge in [-0.3, -0.25) is 4.79 Å². The number of urea groups is 1. The van der Waals surface area contributed by atoms with Gasteiger partial charge in [-0.05, 0) is 43.0 Å². The smallest absolute Gasteiger partial charge is 0.319 e. The van der Waals surface area contributed by atoms with Gasteiger partial charge in [0.15, 0.2) is 0 Å². The summed E-state index contributed by atoms with van der Waals surface area (Å²) in [6, 6.07) is 6.75. The maximum Gasteiger partial charge on any atom is 0.319 e. The predicted molar refractivity (Wildman–Crippen MR) is 88.8 cm³/mol. The van der Waals surface area contributed by atoms with E-state index in [1.165, 1.54) is 0 Å². The van der Waals surface area contributed by atoms with Crippen LogP contribution in [0.2, 0.25) is 0 Å². The fourth-order valence-corrected chi connectivity index (χ4v) is 2.29. The van der Waals surface area contributed by atoms with Gasteiger partial charge in [-0.2, -0.15) is 0 Å². The first-order valence-corrected chi connectivity index (χ1v) is 7.39. The van der Waals surface area contributed by atoms with E-state index in [2.05, 4.69) is 34.7 Å². The number of carbonyl (C=O) groups excluding carboxylic acids is 2. The number of hydrogen-bond acceptors (Lipinski definition) is 2. The van der Waals surface area contributed by atoms with Crippen LogP contribution in [0.1, 0.15) is 19.3 Å². The molecule has 1 unspecified atom stereocenters. The van der Waals surface area contributed by atoms with Crippen LogP contribution in [0.15, 0.2) is 49.1 Å². The van der Waals surface area contributed by atoms with E-state index in [1.54, 1.807) is 30.3 Å². The van der Waals surface area contributed by atoms with Gasteiger partial charge < -0.3 is 16.0 Å². The van der Waals surface area contributed by atoms with Gasteiger partial charge in [0.05, 0.1) is 0 Å². The van der Waals surface area contributed by atoms with Crippen LogP contribution in [0.5, 0.6) is 0 Å². The molecule has 0 spiro atoms. The molecular weight excluding hydrogens is 278 g/mol. The van der Waals surface area contributed by atoms with Crippen LogP contribution < -0.4 is 16.0 Å². The molecule has 3 N–H and O–H groups in total. The van der Waals surface area contributed by atoms with E-state index in [-0.39, 0.29) is 11.9 Å². The monoisotopic (exact) mass is 299 g/mol. The lowest BCUT2D eigenvalue weighted by Gasteiger charge is -2.10. The van der Waals surface area contributed by atoms with E-state index < -0.39 is 0 Å². The molecule has 0 bridgehead atoms. The Kier molecular flexibility index (Phi) is 5.77. The van der Waals surface area contributed by atoms with Crippen molar-refractivity contribution in [3.63, 3.8) is 0 Å². The average Bonchev–Trinajstić information content (AvgIpc) is 3.00. The van der Waals surface area contributed by atoms with E-state index in [9.17, 15) is 9.59 Å². The molecule has 0 aromatic heterocycles. The third-order valence-electron chi connectivity index (χ3n) is 3.39. The van der Waals surface area contributed by atoms with Crippen LogP contribution in [0.25, 0.3) is 0 Å². The number of benzene rings is 1. The summed E-state index contributed by atoms with van der Waals surface area (Å²) in [5.41, 5.74) is 1.39. The van der Waals surface area contributed by atoms with Crippen molar-refractivity contribution < 1.29 is 9.59 Å². The van der Waals surface area contributed by atoms with Crippen molar-refractivity contribution in [1.82, 2.24) is 5.32 Å². The zero-order valence-electron chi connectivity index (χ0n) is 12.5. The van der Waals surface area contributed by atoms with Crippen molar-refractivity contribution >= 4 is 23.3 Å². The minimum absolute atomic E-state index is 0.0148. The molecule has 0 radical (unpaired) electrons. The number of hydrogen-bond donors (Lipinski definition) is 3. The molecule has 0 heterocycles. The highest BCUT2D eigenvalue weighted by Crippen LogP contribution is 2.21. The Morgan fingerprint density at radius 3 is 2.45 bits per heavy atom. The van der Waals surface area contributed by atoms with Crippen LogP contribution in [-0.4, -0.2) is 18.5 Å². The Bertz CT molecular complexity index is 564. The van der Waals surface area contributed by atoms with Gasteiger partial charge in [-0.15, -0.1) is 6.58 Å². The molecule has 1 aromatic rings. The van der Waals surface area contributed by atoms with E-state index in [0.717, 1.165) is 18.5 Å². The highest BCUT2D eigenvalue weighted by atomic mass is 16.2. The Labute approximate surface area is 130 Å². The van der Waals surface area contributed by atoms with Crippen LogP contribution in [-0.2, 0) is 4.79 Å². The molecular formula is C17H21N3O2. The first-order chi connectivity index (χ1) is 10.7. The molecule has 22 heavy (non-hydrogen) atoms. The molecule has 5 nitrogen and oxygen atoms in total. The van der Waals surface area contributed by atoms with Crippen LogP contribution in [0, 0.1) is 5.92 Å². The lowest BCUT2D eigenvalue weighted by atomic mass is 10.1. The van der Waals surface area contributed by atoms with Crippen LogP contribution in [0.3, 0.4) is 0 Å². The average molecular weight is 299 g/mol. The van der Waals surface area contributed by atoms with Gasteiger partial charge >= 0.3 is 6.03 Å². The van der Waals surface area contributed by atoms with Crippen molar-refractivity contribution in [2.24, 2.45) is 5.92 Å². The van der Waals surface area contributed by atoms with Gasteiger partial charge in [0.2, 0.25) is 5.91 Å². The fourth-order valence-electron chi connectivity index (χ4n) is 2.29. The quantitative estimate of drug-likeness (QED) is 0.705. The molecule has 0 saturated carbocycles. The first-order valence-electron chi connectivity index (χ1n) is 7.39. The second kappa shape index (κ2) is 8.02. The summed E-state index contributed by atoms with van der Waals surface area (Å²) in [5, 5.41) is 8.19. The molecule has 2 rings (SSSR count). The van der Waals surface area contributed by atoms with Crippen LogP contribution >= 0.6 is 0 Å². The molecule has 1 aliphatic rings. The summed E-state index contributed by atoms with van der Waals surface area (Å²) in [7, 11) is 0. The second-order valence-corrected chi connectivity index (χ2v) is 5.22. The standard InChI is InChI=1S/C17H21N3O2/c1-2-11-18-17(22)20-15-9-7-14(8-10-15)19-16(21)12-13-5-3-4-6-13/h2-3,5,7-10,13H,1,4,6,11-12H2,(H,19,21)(H2,18,20,22). The van der Waals surface area contributed by atoms with Crippen LogP contribution in [0.4, 0.5) is 16.2 Å². The molecule has 0 saturated heterocycles. The molecule has 116 valence electrons. The summed E-state index contributed by atoms with van der Waals surface area (Å²) >= 11 is 0. The summed E-state index contributed by atoms with van der Waals surface area (Å²) in [4.78, 5) is 23.4. The highest BCUT2D eigenvalue weighted by molar-refractivity contribution is 5.92. The minimum atomic E-state index is -0.287. The highest BCUT2D eigenvalue weighted by Gasteiger charge is 2.13. The van der Waals surface area contributed by atoms with E-state index in [4.69, 9.17) is 0 Å². The summed E-state index contributed by atoms with van der Waals surface area (Å²) < 4.78 is 0. The van der Waals surface area contributed by atoms with E-state index >= 15 is 0 Å². The lowest BCUT2D eigenvalue weighted by molar-refractivity contribution is -0.116. The number of amides is 3. The Morgan fingerprint density at radius 2 is 1.86 bits per heavy atom. The topological polar surface area (TPSA) is 70.2 Å². The number of anilines is 2. The second-order valence-electron chi connectivity index (χ2n) is 5.22. The summed E-state index contributed by atoms with van der Waals surface area (Å²) in [6.45, 7) is 3.94. The van der Waals surface area contributed by atoms with Crippen molar-refractivity contribution in [3.8, 4) is 0 Å². The van der Waals surface area contributed by atoms with Gasteiger partial charge in [0.25, 0.3) is 0 Å². The van der Waals surface area contributed by atoms with Gasteiger partial charge in [-0.1, -0.05) is 18.2 Å². The Balaban J connectivity index is 1.80. The van der Waals surface area contributed by atoms with Crippen molar-refractivity contribution in [2.45, 2.75) is 19.3 Å². The third kappa shape index (κ3) is 5.09.